The van der Waals surface area contributed by atoms with Gasteiger partial charge in [0, 0.05) is 16.9 Å². The molecule has 0 bridgehead atoms. The van der Waals surface area contributed by atoms with Gasteiger partial charge in [0.2, 0.25) is 12.4 Å². The fourth-order valence-electron chi connectivity index (χ4n) is 0.931. The Morgan fingerprint density at radius 1 is 1.27 bits per heavy atom. The molecule has 0 radical (unpaired) electrons. The van der Waals surface area contributed by atoms with E-state index in [0.717, 1.165) is 0 Å². The van der Waals surface area contributed by atoms with Crippen LogP contribution in [0.1, 0.15) is 25.3 Å². The highest BCUT2D eigenvalue weighted by Crippen LogP contribution is 2.10. The molecule has 2 nitrogen and oxygen atoms in total. The Bertz CT molecular complexity index is 216. The lowest BCUT2D eigenvalue weighted by Gasteiger charge is -2.01. The molecule has 1 rings (SSSR count). The predicted molar refractivity (Wildman–Crippen MR) is 43.2 cm³/mol. The van der Waals surface area contributed by atoms with E-state index in [1.807, 2.05) is 12.4 Å². The van der Waals surface area contributed by atoms with Gasteiger partial charge in [-0.2, -0.15) is 0 Å². The fourth-order valence-corrected chi connectivity index (χ4v) is 0.931. The van der Waals surface area contributed by atoms with Gasteiger partial charge < -0.3 is 0 Å². The van der Waals surface area contributed by atoms with Crippen molar-refractivity contribution >= 4 is 0 Å². The highest BCUT2D eigenvalue weighted by Gasteiger charge is 2.01. The first-order chi connectivity index (χ1) is 5.24. The number of hydrogen-bond donors (Lipinski definition) is 0. The molecule has 0 saturated heterocycles. The molecule has 11 heavy (non-hydrogen) atoms. The molecule has 0 unspecified atom stereocenters. The van der Waals surface area contributed by atoms with Crippen molar-refractivity contribution in [3.8, 4) is 0 Å². The minimum Gasteiger partial charge on any atom is -0.275 e. The second-order valence-corrected chi connectivity index (χ2v) is 2.83. The lowest BCUT2D eigenvalue weighted by atomic mass is 10.1. The molecule has 1 aromatic heterocycles. The molecule has 0 aromatic carbocycles. The van der Waals surface area contributed by atoms with Gasteiger partial charge in [0.05, 0.1) is 0 Å². The van der Waals surface area contributed by atoms with Crippen LogP contribution in [0.25, 0.3) is 0 Å². The standard InChI is InChI=1S/C9H14NO/c1-8(2)9-4-6-10(11-3)7-5-9/h4-8H,1-3H3/q+1. The summed E-state index contributed by atoms with van der Waals surface area (Å²) in [5.74, 6) is 0.585. The second-order valence-electron chi connectivity index (χ2n) is 2.83. The minimum absolute atomic E-state index is 0.585. The summed E-state index contributed by atoms with van der Waals surface area (Å²) in [6.07, 6.45) is 3.82. The van der Waals surface area contributed by atoms with Crippen LogP contribution in [-0.2, 0) is 0 Å². The Morgan fingerprint density at radius 2 is 1.82 bits per heavy atom. The van der Waals surface area contributed by atoms with Crippen LogP contribution < -0.4 is 9.57 Å². The van der Waals surface area contributed by atoms with Gasteiger partial charge in [0.25, 0.3) is 0 Å². The summed E-state index contributed by atoms with van der Waals surface area (Å²) >= 11 is 0. The summed E-state index contributed by atoms with van der Waals surface area (Å²) in [4.78, 5) is 4.97. The normalized spacial score (nSPS) is 10.2. The van der Waals surface area contributed by atoms with Crippen LogP contribution in [-0.4, -0.2) is 7.11 Å². The highest BCUT2D eigenvalue weighted by molar-refractivity contribution is 5.11. The summed E-state index contributed by atoms with van der Waals surface area (Å²) in [6, 6.07) is 4.13. The number of pyridine rings is 1. The van der Waals surface area contributed by atoms with Gasteiger partial charge in [-0.25, -0.2) is 0 Å². The van der Waals surface area contributed by atoms with Gasteiger partial charge in [-0.1, -0.05) is 13.8 Å². The first-order valence-electron chi connectivity index (χ1n) is 3.79. The van der Waals surface area contributed by atoms with Gasteiger partial charge in [-0.15, -0.1) is 0 Å². The average Bonchev–Trinajstić information content (AvgIpc) is 2.05. The largest absolute Gasteiger partial charge is 0.275 e. The molecule has 1 heterocycles. The molecule has 0 N–H and O–H groups in total. The maximum Gasteiger partial charge on any atom is 0.222 e. The molecule has 60 valence electrons. The van der Waals surface area contributed by atoms with Crippen LogP contribution in [0.2, 0.25) is 0 Å². The zero-order chi connectivity index (χ0) is 8.27. The van der Waals surface area contributed by atoms with Crippen LogP contribution in [0.5, 0.6) is 0 Å². The molecule has 0 aliphatic heterocycles. The predicted octanol–water partition coefficient (Wildman–Crippen LogP) is 1.16. The third kappa shape index (κ3) is 1.93. The van der Waals surface area contributed by atoms with E-state index in [2.05, 4.69) is 26.0 Å². The Labute approximate surface area is 67.4 Å². The summed E-state index contributed by atoms with van der Waals surface area (Å²) in [5, 5.41) is 0. The third-order valence-corrected chi connectivity index (χ3v) is 1.71. The first-order valence-corrected chi connectivity index (χ1v) is 3.79. The zero-order valence-electron chi connectivity index (χ0n) is 7.24. The third-order valence-electron chi connectivity index (χ3n) is 1.71. The van der Waals surface area contributed by atoms with E-state index >= 15 is 0 Å². The maximum atomic E-state index is 4.97. The molecule has 2 heteroatoms. The molecule has 0 atom stereocenters. The van der Waals surface area contributed by atoms with Crippen molar-refractivity contribution in [2.45, 2.75) is 19.8 Å². The van der Waals surface area contributed by atoms with Crippen molar-refractivity contribution in [3.63, 3.8) is 0 Å². The van der Waals surface area contributed by atoms with E-state index in [9.17, 15) is 0 Å². The zero-order valence-corrected chi connectivity index (χ0v) is 7.24. The van der Waals surface area contributed by atoms with Gasteiger partial charge in [0.15, 0.2) is 0 Å². The van der Waals surface area contributed by atoms with Crippen molar-refractivity contribution in [1.29, 1.82) is 0 Å². The Balaban J connectivity index is 2.83. The quantitative estimate of drug-likeness (QED) is 0.579. The van der Waals surface area contributed by atoms with Crippen molar-refractivity contribution in [3.05, 3.63) is 30.1 Å². The molecule has 1 aromatic rings. The second kappa shape index (κ2) is 3.37. The molecule has 0 spiro atoms. The average molecular weight is 152 g/mol. The molecule has 0 fully saturated rings. The fraction of sp³-hybridized carbons (Fsp3) is 0.444. The summed E-state index contributed by atoms with van der Waals surface area (Å²) < 4.78 is 1.67. The van der Waals surface area contributed by atoms with Crippen molar-refractivity contribution in [1.82, 2.24) is 0 Å². The lowest BCUT2D eigenvalue weighted by molar-refractivity contribution is -0.885. The molecular weight excluding hydrogens is 138 g/mol. The Kier molecular flexibility index (Phi) is 2.47. The number of aromatic nitrogens is 1. The van der Waals surface area contributed by atoms with Crippen LogP contribution in [0.15, 0.2) is 24.5 Å². The van der Waals surface area contributed by atoms with Crippen LogP contribution in [0, 0.1) is 0 Å². The van der Waals surface area contributed by atoms with Crippen LogP contribution in [0.4, 0.5) is 0 Å². The van der Waals surface area contributed by atoms with E-state index in [1.165, 1.54) is 5.56 Å². The van der Waals surface area contributed by atoms with Crippen molar-refractivity contribution in [2.24, 2.45) is 0 Å². The van der Waals surface area contributed by atoms with E-state index < -0.39 is 0 Å². The Morgan fingerprint density at radius 3 is 2.18 bits per heavy atom. The molecule has 0 aliphatic rings. The Hall–Kier alpha value is -1.05. The molecule has 0 aliphatic carbocycles. The molecular formula is C9H14NO+. The number of nitrogens with zero attached hydrogens (tertiary/aromatic N) is 1. The number of hydrogen-bond acceptors (Lipinski definition) is 1. The van der Waals surface area contributed by atoms with Crippen LogP contribution >= 0.6 is 0 Å². The topological polar surface area (TPSA) is 13.1 Å². The maximum absolute atomic E-state index is 4.97. The minimum atomic E-state index is 0.585. The van der Waals surface area contributed by atoms with Gasteiger partial charge in [0.1, 0.15) is 7.11 Å². The smallest absolute Gasteiger partial charge is 0.222 e. The van der Waals surface area contributed by atoms with Gasteiger partial charge in [-0.05, 0) is 11.5 Å². The molecule has 0 saturated carbocycles. The van der Waals surface area contributed by atoms with E-state index in [0.29, 0.717) is 5.92 Å². The number of rotatable bonds is 2. The van der Waals surface area contributed by atoms with Crippen molar-refractivity contribution < 1.29 is 9.57 Å². The van der Waals surface area contributed by atoms with Crippen LogP contribution in [0.3, 0.4) is 0 Å². The van der Waals surface area contributed by atoms with Gasteiger partial charge >= 0.3 is 0 Å². The summed E-state index contributed by atoms with van der Waals surface area (Å²) in [7, 11) is 1.65. The van der Waals surface area contributed by atoms with E-state index in [-0.39, 0.29) is 0 Å². The molecule has 0 amide bonds. The summed E-state index contributed by atoms with van der Waals surface area (Å²) in [6.45, 7) is 4.35. The van der Waals surface area contributed by atoms with Gasteiger partial charge in [-0.3, -0.25) is 4.84 Å². The monoisotopic (exact) mass is 152 g/mol. The lowest BCUT2D eigenvalue weighted by Crippen LogP contribution is -2.39. The van der Waals surface area contributed by atoms with E-state index in [4.69, 9.17) is 4.84 Å². The van der Waals surface area contributed by atoms with Crippen molar-refractivity contribution in [2.75, 3.05) is 7.11 Å². The highest BCUT2D eigenvalue weighted by atomic mass is 16.6. The SMILES string of the molecule is CO[n+]1ccc(C(C)C)cc1. The first kappa shape index (κ1) is 8.05. The summed E-state index contributed by atoms with van der Waals surface area (Å²) in [5.41, 5.74) is 1.33. The van der Waals surface area contributed by atoms with E-state index in [1.54, 1.807) is 11.8 Å².